The lowest BCUT2D eigenvalue weighted by molar-refractivity contribution is -0.143. The maximum atomic E-state index is 14.1. The smallest absolute Gasteiger partial charge is 0.241 e. The Balaban J connectivity index is 1.60. The Hall–Kier alpha value is -3.17. The number of halogens is 1. The minimum Gasteiger partial charge on any atom is -0.344 e. The van der Waals surface area contributed by atoms with E-state index in [1.807, 2.05) is 6.92 Å². The van der Waals surface area contributed by atoms with Crippen LogP contribution < -0.4 is 10.9 Å². The SMILES string of the molecule is CC1CC(CN(C)C(=O)CC2(c3cccc(F)c3)CC(=O)N(Cc3cccnc3)C2=O)NN1. The van der Waals surface area contributed by atoms with E-state index in [4.69, 9.17) is 0 Å². The van der Waals surface area contributed by atoms with Crippen LogP contribution in [0.3, 0.4) is 0 Å². The first-order chi connectivity index (χ1) is 15.8. The molecule has 0 saturated carbocycles. The Morgan fingerprint density at radius 3 is 2.76 bits per heavy atom. The van der Waals surface area contributed by atoms with Gasteiger partial charge in [0.15, 0.2) is 0 Å². The third-order valence-corrected chi connectivity index (χ3v) is 6.39. The number of carbonyl (C=O) groups is 3. The summed E-state index contributed by atoms with van der Waals surface area (Å²) in [5, 5.41) is 0. The average molecular weight is 454 g/mol. The molecule has 2 fully saturated rings. The summed E-state index contributed by atoms with van der Waals surface area (Å²) in [6, 6.07) is 9.52. The highest BCUT2D eigenvalue weighted by Gasteiger charge is 2.54. The molecule has 2 aliphatic heterocycles. The van der Waals surface area contributed by atoms with Crippen molar-refractivity contribution < 1.29 is 18.8 Å². The number of carbonyl (C=O) groups excluding carboxylic acids is 3. The molecule has 2 aliphatic rings. The zero-order valence-electron chi connectivity index (χ0n) is 18.8. The molecule has 3 amide bonds. The van der Waals surface area contributed by atoms with Crippen LogP contribution in [0.2, 0.25) is 0 Å². The van der Waals surface area contributed by atoms with E-state index in [9.17, 15) is 18.8 Å². The first-order valence-electron chi connectivity index (χ1n) is 11.0. The highest BCUT2D eigenvalue weighted by molar-refractivity contribution is 6.10. The van der Waals surface area contributed by atoms with E-state index >= 15 is 0 Å². The van der Waals surface area contributed by atoms with Crippen molar-refractivity contribution in [1.82, 2.24) is 25.6 Å². The van der Waals surface area contributed by atoms with Gasteiger partial charge >= 0.3 is 0 Å². The van der Waals surface area contributed by atoms with Crippen LogP contribution in [0, 0.1) is 5.82 Å². The molecule has 0 radical (unpaired) electrons. The van der Waals surface area contributed by atoms with E-state index in [1.165, 1.54) is 18.2 Å². The number of imide groups is 1. The molecule has 9 heteroatoms. The molecular formula is C24H28FN5O3. The molecule has 4 rings (SSSR count). The number of nitrogens with zero attached hydrogens (tertiary/aromatic N) is 3. The van der Waals surface area contributed by atoms with Crippen molar-refractivity contribution in [3.05, 3.63) is 65.7 Å². The molecule has 33 heavy (non-hydrogen) atoms. The van der Waals surface area contributed by atoms with Gasteiger partial charge in [-0.05, 0) is 42.7 Å². The van der Waals surface area contributed by atoms with Crippen molar-refractivity contribution in [3.8, 4) is 0 Å². The van der Waals surface area contributed by atoms with Gasteiger partial charge in [-0.1, -0.05) is 18.2 Å². The number of hydrogen-bond donors (Lipinski definition) is 2. The predicted octanol–water partition coefficient (Wildman–Crippen LogP) is 1.52. The van der Waals surface area contributed by atoms with E-state index in [0.717, 1.165) is 11.3 Å². The molecule has 1 aromatic carbocycles. The van der Waals surface area contributed by atoms with E-state index in [2.05, 4.69) is 15.8 Å². The fourth-order valence-corrected chi connectivity index (χ4v) is 4.64. The van der Waals surface area contributed by atoms with Crippen molar-refractivity contribution in [2.45, 2.75) is 50.2 Å². The summed E-state index contributed by atoms with van der Waals surface area (Å²) in [6.07, 6.45) is 3.67. The van der Waals surface area contributed by atoms with Crippen molar-refractivity contribution in [3.63, 3.8) is 0 Å². The van der Waals surface area contributed by atoms with Crippen molar-refractivity contribution in [2.75, 3.05) is 13.6 Å². The topological polar surface area (TPSA) is 94.6 Å². The molecule has 0 spiro atoms. The molecule has 2 saturated heterocycles. The van der Waals surface area contributed by atoms with Crippen molar-refractivity contribution >= 4 is 17.7 Å². The van der Waals surface area contributed by atoms with Crippen LogP contribution in [0.4, 0.5) is 4.39 Å². The van der Waals surface area contributed by atoms with E-state index in [1.54, 1.807) is 42.5 Å². The molecule has 174 valence electrons. The molecule has 1 aromatic heterocycles. The van der Waals surface area contributed by atoms with Gasteiger partial charge in [0, 0.05) is 50.9 Å². The number of hydrogen-bond acceptors (Lipinski definition) is 6. The first-order valence-corrected chi connectivity index (χ1v) is 11.0. The third kappa shape index (κ3) is 4.79. The fraction of sp³-hybridized carbons (Fsp3) is 0.417. The lowest BCUT2D eigenvalue weighted by Gasteiger charge is -2.30. The largest absolute Gasteiger partial charge is 0.344 e. The van der Waals surface area contributed by atoms with Gasteiger partial charge in [-0.15, -0.1) is 0 Å². The number of aromatic nitrogens is 1. The second-order valence-corrected chi connectivity index (χ2v) is 8.99. The highest BCUT2D eigenvalue weighted by Crippen LogP contribution is 2.41. The maximum Gasteiger partial charge on any atom is 0.241 e. The normalized spacial score (nSPS) is 25.0. The number of likely N-dealkylation sites (tertiary alicyclic amines) is 1. The van der Waals surface area contributed by atoms with Crippen LogP contribution in [0.25, 0.3) is 0 Å². The molecule has 2 aromatic rings. The highest BCUT2D eigenvalue weighted by atomic mass is 19.1. The zero-order valence-corrected chi connectivity index (χ0v) is 18.8. The van der Waals surface area contributed by atoms with Crippen LogP contribution in [0.5, 0.6) is 0 Å². The Morgan fingerprint density at radius 1 is 1.27 bits per heavy atom. The molecule has 2 N–H and O–H groups in total. The van der Waals surface area contributed by atoms with Crippen molar-refractivity contribution in [1.29, 1.82) is 0 Å². The van der Waals surface area contributed by atoms with Crippen LogP contribution in [0.15, 0.2) is 48.8 Å². The molecule has 8 nitrogen and oxygen atoms in total. The van der Waals surface area contributed by atoms with Gasteiger partial charge in [0.05, 0.1) is 12.0 Å². The zero-order chi connectivity index (χ0) is 23.6. The molecule has 3 atom stereocenters. The Labute approximate surface area is 192 Å². The van der Waals surface area contributed by atoms with Gasteiger partial charge in [-0.3, -0.25) is 35.1 Å². The number of likely N-dealkylation sites (N-methyl/N-ethyl adjacent to an activating group) is 1. The Kier molecular flexibility index (Phi) is 6.53. The van der Waals surface area contributed by atoms with Gasteiger partial charge in [0.25, 0.3) is 0 Å². The minimum atomic E-state index is -1.44. The minimum absolute atomic E-state index is 0.0577. The summed E-state index contributed by atoms with van der Waals surface area (Å²) in [5.41, 5.74) is 5.88. The van der Waals surface area contributed by atoms with Crippen LogP contribution in [-0.4, -0.2) is 58.2 Å². The van der Waals surface area contributed by atoms with Gasteiger partial charge in [0.1, 0.15) is 5.82 Å². The number of hydrazine groups is 1. The van der Waals surface area contributed by atoms with E-state index < -0.39 is 17.1 Å². The summed E-state index contributed by atoms with van der Waals surface area (Å²) in [6.45, 7) is 2.56. The summed E-state index contributed by atoms with van der Waals surface area (Å²) in [7, 11) is 1.68. The monoisotopic (exact) mass is 453 g/mol. The number of amides is 3. The fourth-order valence-electron chi connectivity index (χ4n) is 4.64. The predicted molar refractivity (Wildman–Crippen MR) is 119 cm³/mol. The lowest BCUT2D eigenvalue weighted by atomic mass is 9.75. The summed E-state index contributed by atoms with van der Waals surface area (Å²) < 4.78 is 14.1. The lowest BCUT2D eigenvalue weighted by Crippen LogP contribution is -2.45. The Bertz CT molecular complexity index is 1050. The second kappa shape index (κ2) is 9.36. The van der Waals surface area contributed by atoms with E-state index in [0.29, 0.717) is 23.7 Å². The first kappa shape index (κ1) is 23.0. The summed E-state index contributed by atoms with van der Waals surface area (Å²) in [5.74, 6) is -1.67. The van der Waals surface area contributed by atoms with Crippen LogP contribution in [0.1, 0.15) is 37.3 Å². The number of pyridine rings is 1. The molecule has 3 unspecified atom stereocenters. The number of rotatable bonds is 7. The van der Waals surface area contributed by atoms with Crippen LogP contribution in [-0.2, 0) is 26.3 Å². The summed E-state index contributed by atoms with van der Waals surface area (Å²) in [4.78, 5) is 46.6. The number of nitrogens with one attached hydrogen (secondary N) is 2. The van der Waals surface area contributed by atoms with Gasteiger partial charge in [0.2, 0.25) is 17.7 Å². The standard InChI is InChI=1S/C24H28FN5O3/c1-16-9-20(28-27-16)15-29(2)21(31)11-24(18-6-3-7-19(25)10-18)12-22(32)30(23(24)33)14-17-5-4-8-26-13-17/h3-8,10,13,16,20,27-28H,9,11-12,14-15H2,1-2H3. The second-order valence-electron chi connectivity index (χ2n) is 8.99. The van der Waals surface area contributed by atoms with Gasteiger partial charge in [-0.2, -0.15) is 0 Å². The van der Waals surface area contributed by atoms with Gasteiger partial charge in [-0.25, -0.2) is 4.39 Å². The molecule has 0 aliphatic carbocycles. The van der Waals surface area contributed by atoms with Crippen LogP contribution >= 0.6 is 0 Å². The molecule has 0 bridgehead atoms. The average Bonchev–Trinajstić information content (AvgIpc) is 3.30. The number of benzene rings is 1. The van der Waals surface area contributed by atoms with Gasteiger partial charge < -0.3 is 4.90 Å². The summed E-state index contributed by atoms with van der Waals surface area (Å²) >= 11 is 0. The van der Waals surface area contributed by atoms with Crippen molar-refractivity contribution in [2.24, 2.45) is 0 Å². The van der Waals surface area contributed by atoms with E-state index in [-0.39, 0.29) is 37.2 Å². The maximum absolute atomic E-state index is 14.1. The quantitative estimate of drug-likeness (QED) is 0.618. The molecular weight excluding hydrogens is 425 g/mol. The Morgan fingerprint density at radius 2 is 2.09 bits per heavy atom. The molecule has 3 heterocycles. The third-order valence-electron chi connectivity index (χ3n) is 6.39.